The number of nitrogens with zero attached hydrogens (tertiary/aromatic N) is 1. The minimum atomic E-state index is 0.0386. The zero-order chi connectivity index (χ0) is 14.1. The molecule has 2 heterocycles. The summed E-state index contributed by atoms with van der Waals surface area (Å²) in [6.07, 6.45) is 0. The maximum Gasteiger partial charge on any atom is 0.254 e. The predicted octanol–water partition coefficient (Wildman–Crippen LogP) is 1.65. The lowest BCUT2D eigenvalue weighted by Gasteiger charge is -2.34. The highest BCUT2D eigenvalue weighted by molar-refractivity contribution is 9.10. The molecule has 20 heavy (non-hydrogen) atoms. The number of halogens is 1. The van der Waals surface area contributed by atoms with Crippen LogP contribution in [0.15, 0.2) is 16.6 Å². The van der Waals surface area contributed by atoms with Gasteiger partial charge in [-0.1, -0.05) is 0 Å². The molecule has 1 aromatic carbocycles. The normalized spacial score (nSPS) is 21.7. The van der Waals surface area contributed by atoms with Crippen LogP contribution < -0.4 is 14.8 Å². The Balaban J connectivity index is 1.89. The van der Waals surface area contributed by atoms with E-state index in [0.29, 0.717) is 30.3 Å². The molecule has 108 valence electrons. The molecule has 2 aliphatic heterocycles. The van der Waals surface area contributed by atoms with Gasteiger partial charge in [0.25, 0.3) is 5.91 Å². The number of piperazine rings is 1. The Hall–Kier alpha value is -1.27. The first-order valence-electron chi connectivity index (χ1n) is 6.77. The topological polar surface area (TPSA) is 50.8 Å². The van der Waals surface area contributed by atoms with E-state index in [0.717, 1.165) is 24.1 Å². The maximum atomic E-state index is 12.6. The van der Waals surface area contributed by atoms with E-state index in [1.54, 1.807) is 6.07 Å². The first-order chi connectivity index (χ1) is 9.66. The summed E-state index contributed by atoms with van der Waals surface area (Å²) in [4.78, 5) is 14.5. The van der Waals surface area contributed by atoms with E-state index in [-0.39, 0.29) is 11.9 Å². The van der Waals surface area contributed by atoms with Crippen LogP contribution in [0, 0.1) is 0 Å². The van der Waals surface area contributed by atoms with Gasteiger partial charge < -0.3 is 19.7 Å². The van der Waals surface area contributed by atoms with Crippen LogP contribution in [-0.2, 0) is 0 Å². The van der Waals surface area contributed by atoms with Crippen molar-refractivity contribution in [3.05, 3.63) is 22.2 Å². The highest BCUT2D eigenvalue weighted by Crippen LogP contribution is 2.38. The number of hydrogen-bond donors (Lipinski definition) is 1. The van der Waals surface area contributed by atoms with Crippen LogP contribution in [0.5, 0.6) is 11.5 Å². The van der Waals surface area contributed by atoms with Gasteiger partial charge in [0.15, 0.2) is 11.5 Å². The SMILES string of the molecule is C[C@@H]1CNCCN1C(=O)c1cc(Br)c2c(c1)OCCO2. The third kappa shape index (κ3) is 2.50. The highest BCUT2D eigenvalue weighted by Gasteiger charge is 2.26. The molecular formula is C14H17BrN2O3. The second-order valence-electron chi connectivity index (χ2n) is 5.03. The number of amides is 1. The zero-order valence-electron chi connectivity index (χ0n) is 11.3. The van der Waals surface area contributed by atoms with Crippen molar-refractivity contribution in [1.29, 1.82) is 0 Å². The molecule has 0 spiro atoms. The summed E-state index contributed by atoms with van der Waals surface area (Å²) >= 11 is 3.45. The van der Waals surface area contributed by atoms with Crippen molar-refractivity contribution in [1.82, 2.24) is 10.2 Å². The van der Waals surface area contributed by atoms with Gasteiger partial charge in [0, 0.05) is 31.2 Å². The summed E-state index contributed by atoms with van der Waals surface area (Å²) in [5.74, 6) is 1.36. The smallest absolute Gasteiger partial charge is 0.254 e. The second-order valence-corrected chi connectivity index (χ2v) is 5.89. The summed E-state index contributed by atoms with van der Waals surface area (Å²) in [7, 11) is 0. The molecule has 5 nitrogen and oxygen atoms in total. The molecule has 0 aliphatic carbocycles. The molecule has 1 N–H and O–H groups in total. The number of benzene rings is 1. The number of hydrogen-bond acceptors (Lipinski definition) is 4. The molecule has 1 fully saturated rings. The number of nitrogens with one attached hydrogen (secondary N) is 1. The van der Waals surface area contributed by atoms with Gasteiger partial charge in [0.05, 0.1) is 4.47 Å². The molecule has 0 aromatic heterocycles. The fraction of sp³-hybridized carbons (Fsp3) is 0.500. The van der Waals surface area contributed by atoms with Gasteiger partial charge in [-0.2, -0.15) is 0 Å². The van der Waals surface area contributed by atoms with E-state index >= 15 is 0 Å². The van der Waals surface area contributed by atoms with Crippen LogP contribution in [-0.4, -0.2) is 49.7 Å². The average Bonchev–Trinajstić information content (AvgIpc) is 2.47. The van der Waals surface area contributed by atoms with Crippen molar-refractivity contribution < 1.29 is 14.3 Å². The third-order valence-electron chi connectivity index (χ3n) is 3.61. The Morgan fingerprint density at radius 2 is 2.20 bits per heavy atom. The largest absolute Gasteiger partial charge is 0.486 e. The van der Waals surface area contributed by atoms with Gasteiger partial charge in [0.1, 0.15) is 13.2 Å². The predicted molar refractivity (Wildman–Crippen MR) is 78.5 cm³/mol. The molecular weight excluding hydrogens is 324 g/mol. The van der Waals surface area contributed by atoms with Crippen LogP contribution in [0.2, 0.25) is 0 Å². The van der Waals surface area contributed by atoms with Crippen LogP contribution in [0.25, 0.3) is 0 Å². The number of rotatable bonds is 1. The van der Waals surface area contributed by atoms with Crippen molar-refractivity contribution in [2.24, 2.45) is 0 Å². The first-order valence-corrected chi connectivity index (χ1v) is 7.57. The lowest BCUT2D eigenvalue weighted by molar-refractivity contribution is 0.0654. The standard InChI is InChI=1S/C14H17BrN2O3/c1-9-8-16-2-3-17(9)14(18)10-6-11(15)13-12(7-10)19-4-5-20-13/h6-7,9,16H,2-5,8H2,1H3/t9-/m1/s1. The molecule has 1 saturated heterocycles. The average molecular weight is 341 g/mol. The zero-order valence-corrected chi connectivity index (χ0v) is 12.9. The minimum absolute atomic E-state index is 0.0386. The lowest BCUT2D eigenvalue weighted by atomic mass is 10.1. The minimum Gasteiger partial charge on any atom is -0.486 e. The summed E-state index contributed by atoms with van der Waals surface area (Å²) in [5.41, 5.74) is 0.634. The summed E-state index contributed by atoms with van der Waals surface area (Å²) < 4.78 is 11.9. The summed E-state index contributed by atoms with van der Waals surface area (Å²) in [6.45, 7) is 5.50. The van der Waals surface area contributed by atoms with Crippen molar-refractivity contribution in [2.75, 3.05) is 32.8 Å². The Morgan fingerprint density at radius 1 is 1.40 bits per heavy atom. The molecule has 1 amide bonds. The quantitative estimate of drug-likeness (QED) is 0.844. The van der Waals surface area contributed by atoms with Gasteiger partial charge in [-0.25, -0.2) is 0 Å². The van der Waals surface area contributed by atoms with Crippen molar-refractivity contribution in [3.8, 4) is 11.5 Å². The fourth-order valence-electron chi connectivity index (χ4n) is 2.54. The molecule has 0 radical (unpaired) electrons. The molecule has 3 rings (SSSR count). The highest BCUT2D eigenvalue weighted by atomic mass is 79.9. The Labute approximate surface area is 126 Å². The Morgan fingerprint density at radius 3 is 3.00 bits per heavy atom. The van der Waals surface area contributed by atoms with Crippen molar-refractivity contribution in [2.45, 2.75) is 13.0 Å². The first kappa shape index (κ1) is 13.7. The number of carbonyl (C=O) groups excluding carboxylic acids is 1. The molecule has 0 saturated carbocycles. The van der Waals surface area contributed by atoms with E-state index in [9.17, 15) is 4.79 Å². The van der Waals surface area contributed by atoms with Crippen molar-refractivity contribution >= 4 is 21.8 Å². The number of ether oxygens (including phenoxy) is 2. The van der Waals surface area contributed by atoms with Crippen molar-refractivity contribution in [3.63, 3.8) is 0 Å². The van der Waals surface area contributed by atoms with Gasteiger partial charge in [-0.05, 0) is 35.0 Å². The van der Waals surface area contributed by atoms with Crippen LogP contribution in [0.1, 0.15) is 17.3 Å². The Bertz CT molecular complexity index is 535. The monoisotopic (exact) mass is 340 g/mol. The van der Waals surface area contributed by atoms with E-state index in [4.69, 9.17) is 9.47 Å². The fourth-order valence-corrected chi connectivity index (χ4v) is 3.10. The molecule has 0 bridgehead atoms. The van der Waals surface area contributed by atoms with E-state index in [1.807, 2.05) is 11.0 Å². The van der Waals surface area contributed by atoms with E-state index in [1.165, 1.54) is 0 Å². The maximum absolute atomic E-state index is 12.6. The number of fused-ring (bicyclic) bond motifs is 1. The molecule has 2 aliphatic rings. The second kappa shape index (κ2) is 5.61. The summed E-state index contributed by atoms with van der Waals surface area (Å²) in [6, 6.07) is 3.78. The van der Waals surface area contributed by atoms with Gasteiger partial charge in [-0.15, -0.1) is 0 Å². The van der Waals surface area contributed by atoms with Gasteiger partial charge >= 0.3 is 0 Å². The van der Waals surface area contributed by atoms with Gasteiger partial charge in [0.2, 0.25) is 0 Å². The van der Waals surface area contributed by atoms with E-state index in [2.05, 4.69) is 28.2 Å². The molecule has 6 heteroatoms. The van der Waals surface area contributed by atoms with Crippen LogP contribution in [0.4, 0.5) is 0 Å². The van der Waals surface area contributed by atoms with E-state index < -0.39 is 0 Å². The lowest BCUT2D eigenvalue weighted by Crippen LogP contribution is -2.52. The molecule has 1 atom stereocenters. The molecule has 0 unspecified atom stereocenters. The Kier molecular flexibility index (Phi) is 3.85. The van der Waals surface area contributed by atoms with Gasteiger partial charge in [-0.3, -0.25) is 4.79 Å². The summed E-state index contributed by atoms with van der Waals surface area (Å²) in [5, 5.41) is 3.28. The molecule has 1 aromatic rings. The number of carbonyl (C=O) groups is 1. The van der Waals surface area contributed by atoms with Crippen LogP contribution >= 0.6 is 15.9 Å². The third-order valence-corrected chi connectivity index (χ3v) is 4.19. The van der Waals surface area contributed by atoms with Crippen LogP contribution in [0.3, 0.4) is 0 Å².